The van der Waals surface area contributed by atoms with Crippen molar-refractivity contribution in [3.8, 4) is 0 Å². The van der Waals surface area contributed by atoms with Crippen LogP contribution in [0.25, 0.3) is 0 Å². The van der Waals surface area contributed by atoms with Gasteiger partial charge in [0.15, 0.2) is 5.60 Å². The van der Waals surface area contributed by atoms with E-state index in [1.165, 1.54) is 5.57 Å². The minimum atomic E-state index is -4.56. The van der Waals surface area contributed by atoms with E-state index in [1.807, 2.05) is 0 Å². The largest absolute Gasteiger partial charge is 0.419 e. The van der Waals surface area contributed by atoms with Gasteiger partial charge in [-0.3, -0.25) is 4.90 Å². The van der Waals surface area contributed by atoms with Crippen molar-refractivity contribution >= 4 is 0 Å². The molecular weight excluding hydrogens is 419 g/mol. The summed E-state index contributed by atoms with van der Waals surface area (Å²) in [5.41, 5.74) is 0.169. The highest BCUT2D eigenvalue weighted by Gasteiger charge is 2.61. The number of hydrogen-bond donors (Lipinski definition) is 3. The van der Waals surface area contributed by atoms with Crippen LogP contribution in [0, 0.1) is 23.2 Å². The lowest BCUT2D eigenvalue weighted by Crippen LogP contribution is -2.69. The van der Waals surface area contributed by atoms with Crippen LogP contribution in [0.1, 0.15) is 65.2 Å². The Hall–Kier alpha value is -0.890. The molecule has 0 radical (unpaired) electrons. The zero-order valence-electron chi connectivity index (χ0n) is 19.2. The molecule has 6 atom stereocenters. The summed E-state index contributed by atoms with van der Waals surface area (Å²) >= 11 is 0. The van der Waals surface area contributed by atoms with Crippen molar-refractivity contribution in [2.24, 2.45) is 23.2 Å². The van der Waals surface area contributed by atoms with Crippen molar-refractivity contribution in [2.75, 3.05) is 19.6 Å². The first-order chi connectivity index (χ1) is 14.9. The minimum absolute atomic E-state index is 0.152. The number of hydrogen-bond acceptors (Lipinski definition) is 4. The predicted octanol–water partition coefficient (Wildman–Crippen LogP) is 4.21. The van der Waals surface area contributed by atoms with Gasteiger partial charge in [0.25, 0.3) is 0 Å². The third kappa shape index (κ3) is 4.55. The molecule has 0 spiro atoms. The average Bonchev–Trinajstić information content (AvgIpc) is 3.01. The highest BCUT2D eigenvalue weighted by atomic mass is 19.4. The molecule has 1 aliphatic heterocycles. The summed E-state index contributed by atoms with van der Waals surface area (Å²) in [5, 5.41) is 29.6. The number of nitrogens with zero attached hydrogens (tertiary/aromatic N) is 1. The second-order valence-electron chi connectivity index (χ2n) is 11.3. The van der Waals surface area contributed by atoms with Gasteiger partial charge < -0.3 is 15.3 Å². The van der Waals surface area contributed by atoms with E-state index in [4.69, 9.17) is 0 Å². The van der Waals surface area contributed by atoms with Crippen LogP contribution in [0.5, 0.6) is 0 Å². The summed E-state index contributed by atoms with van der Waals surface area (Å²) in [4.78, 5) is 1.75. The summed E-state index contributed by atoms with van der Waals surface area (Å²) in [7, 11) is 0. The molecule has 4 nitrogen and oxygen atoms in total. The van der Waals surface area contributed by atoms with E-state index in [9.17, 15) is 28.5 Å². The van der Waals surface area contributed by atoms with Crippen LogP contribution in [-0.4, -0.2) is 63.8 Å². The Bertz CT molecular complexity index is 746. The summed E-state index contributed by atoms with van der Waals surface area (Å²) < 4.78 is 38.9. The molecule has 1 saturated heterocycles. The molecule has 0 aromatic carbocycles. The number of rotatable bonds is 4. The molecule has 182 valence electrons. The van der Waals surface area contributed by atoms with Crippen molar-refractivity contribution in [3.05, 3.63) is 23.3 Å². The van der Waals surface area contributed by atoms with Crippen LogP contribution in [0.3, 0.4) is 0 Å². The van der Waals surface area contributed by atoms with Crippen LogP contribution in [0.15, 0.2) is 23.3 Å². The SMILES string of the molecule is CC(CN1CC(O)(C(F)(F)F)C1)[C@H]1CC[C@H]2C(=CC=C3C[C@@H](O)C[C@H](O)C3)CCC[C@]12C. The fourth-order valence-electron chi connectivity index (χ4n) is 7.28. The maximum atomic E-state index is 13.0. The van der Waals surface area contributed by atoms with Gasteiger partial charge in [-0.05, 0) is 74.5 Å². The highest BCUT2D eigenvalue weighted by Crippen LogP contribution is 2.59. The molecular formula is C25H38F3NO3. The van der Waals surface area contributed by atoms with E-state index in [0.29, 0.717) is 37.6 Å². The first-order valence-electron chi connectivity index (χ1n) is 12.2. The van der Waals surface area contributed by atoms with Crippen molar-refractivity contribution in [3.63, 3.8) is 0 Å². The molecule has 3 saturated carbocycles. The van der Waals surface area contributed by atoms with E-state index in [0.717, 1.165) is 37.7 Å². The van der Waals surface area contributed by atoms with Crippen LogP contribution in [0.2, 0.25) is 0 Å². The Morgan fingerprint density at radius 2 is 1.78 bits per heavy atom. The normalized spacial score (nSPS) is 40.1. The molecule has 0 amide bonds. The van der Waals surface area contributed by atoms with Gasteiger partial charge in [0, 0.05) is 19.6 Å². The third-order valence-corrected chi connectivity index (χ3v) is 8.84. The van der Waals surface area contributed by atoms with Gasteiger partial charge >= 0.3 is 6.18 Å². The van der Waals surface area contributed by atoms with Gasteiger partial charge in [-0.2, -0.15) is 13.2 Å². The maximum Gasteiger partial charge on any atom is 0.419 e. The summed E-state index contributed by atoms with van der Waals surface area (Å²) in [6, 6.07) is 0. The Kier molecular flexibility index (Phi) is 6.60. The molecule has 0 bridgehead atoms. The van der Waals surface area contributed by atoms with Gasteiger partial charge in [0.1, 0.15) is 0 Å². The molecule has 32 heavy (non-hydrogen) atoms. The molecule has 4 aliphatic rings. The van der Waals surface area contributed by atoms with Gasteiger partial charge in [0.2, 0.25) is 0 Å². The van der Waals surface area contributed by atoms with Crippen molar-refractivity contribution in [2.45, 2.75) is 89.2 Å². The van der Waals surface area contributed by atoms with Crippen molar-refractivity contribution < 1.29 is 28.5 Å². The summed E-state index contributed by atoms with van der Waals surface area (Å²) in [6.07, 6.45) is 6.09. The van der Waals surface area contributed by atoms with E-state index in [2.05, 4.69) is 26.0 Å². The van der Waals surface area contributed by atoms with Crippen LogP contribution in [-0.2, 0) is 0 Å². The lowest BCUT2D eigenvalue weighted by Gasteiger charge is -2.50. The number of halogens is 3. The lowest BCUT2D eigenvalue weighted by atomic mass is 9.61. The smallest absolute Gasteiger partial charge is 0.393 e. The standard InChI is InChI=1S/C25H38F3NO3/c1-16(13-29-14-24(32,15-29)25(26,27)28)21-7-8-22-18(4-3-9-23(21,22)2)6-5-17-10-19(30)12-20(31)11-17/h5-6,16,19-22,30-32H,3-4,7-15H2,1-2H3/t16?,19-,20-,21-,22+,23-/m1/s1. The van der Waals surface area contributed by atoms with Crippen LogP contribution >= 0.6 is 0 Å². The maximum absolute atomic E-state index is 13.0. The quantitative estimate of drug-likeness (QED) is 0.592. The van der Waals surface area contributed by atoms with E-state index in [-0.39, 0.29) is 24.4 Å². The molecule has 0 aromatic rings. The Morgan fingerprint density at radius 1 is 1.12 bits per heavy atom. The summed E-state index contributed by atoms with van der Waals surface area (Å²) in [6.45, 7) is 4.49. The predicted molar refractivity (Wildman–Crippen MR) is 117 cm³/mol. The summed E-state index contributed by atoms with van der Waals surface area (Å²) in [5.74, 6) is 1.23. The lowest BCUT2D eigenvalue weighted by molar-refractivity contribution is -0.302. The number of allylic oxidation sites excluding steroid dienone is 3. The fourth-order valence-corrected chi connectivity index (χ4v) is 7.28. The number of likely N-dealkylation sites (tertiary alicyclic amines) is 1. The molecule has 1 unspecified atom stereocenters. The number of aliphatic hydroxyl groups excluding tert-OH is 2. The zero-order valence-corrected chi connectivity index (χ0v) is 19.2. The second kappa shape index (κ2) is 8.71. The first kappa shape index (κ1) is 24.2. The van der Waals surface area contributed by atoms with Crippen LogP contribution in [0.4, 0.5) is 13.2 Å². The monoisotopic (exact) mass is 457 g/mol. The van der Waals surface area contributed by atoms with Gasteiger partial charge in [-0.25, -0.2) is 0 Å². The molecule has 7 heteroatoms. The Balaban J connectivity index is 1.40. The minimum Gasteiger partial charge on any atom is -0.393 e. The van der Waals surface area contributed by atoms with Gasteiger partial charge in [-0.1, -0.05) is 37.1 Å². The molecule has 3 aliphatic carbocycles. The zero-order chi connectivity index (χ0) is 23.3. The van der Waals surface area contributed by atoms with Gasteiger partial charge in [-0.15, -0.1) is 0 Å². The molecule has 0 aromatic heterocycles. The Morgan fingerprint density at radius 3 is 2.41 bits per heavy atom. The fraction of sp³-hybridized carbons (Fsp3) is 0.840. The van der Waals surface area contributed by atoms with Crippen molar-refractivity contribution in [1.82, 2.24) is 4.90 Å². The third-order valence-electron chi connectivity index (χ3n) is 8.84. The van der Waals surface area contributed by atoms with E-state index in [1.54, 1.807) is 4.90 Å². The molecule has 3 N–H and O–H groups in total. The van der Waals surface area contributed by atoms with E-state index < -0.39 is 24.0 Å². The number of fused-ring (bicyclic) bond motifs is 1. The molecule has 4 fully saturated rings. The second-order valence-corrected chi connectivity index (χ2v) is 11.3. The topological polar surface area (TPSA) is 63.9 Å². The first-order valence-corrected chi connectivity index (χ1v) is 12.2. The average molecular weight is 458 g/mol. The highest BCUT2D eigenvalue weighted by molar-refractivity contribution is 5.26. The number of aliphatic hydroxyl groups is 3. The Labute approximate surface area is 189 Å². The molecule has 4 rings (SSSR count). The van der Waals surface area contributed by atoms with Crippen molar-refractivity contribution in [1.29, 1.82) is 0 Å². The van der Waals surface area contributed by atoms with E-state index >= 15 is 0 Å². The molecule has 1 heterocycles. The number of β-amino-alcohol motifs (C(OH)–C–C–N with tert-alkyl or cyclic N) is 1. The van der Waals surface area contributed by atoms with Gasteiger partial charge in [0.05, 0.1) is 12.2 Å². The number of alkyl halides is 3. The van der Waals surface area contributed by atoms with Crippen LogP contribution < -0.4 is 0 Å².